The summed E-state index contributed by atoms with van der Waals surface area (Å²) < 4.78 is 0. The van der Waals surface area contributed by atoms with Gasteiger partial charge in [0.2, 0.25) is 0 Å². The Morgan fingerprint density at radius 2 is 1.41 bits per heavy atom. The zero-order valence-corrected chi connectivity index (χ0v) is 11.6. The number of anilines is 1. The van der Waals surface area contributed by atoms with Gasteiger partial charge in [-0.3, -0.25) is 4.79 Å². The molecular weight excluding hydrogens is 278 g/mol. The number of aromatic carboxylic acids is 1. The molecule has 0 spiro atoms. The minimum Gasteiger partial charge on any atom is -0.478 e. The summed E-state index contributed by atoms with van der Waals surface area (Å²) in [7, 11) is 0. The van der Waals surface area contributed by atoms with Gasteiger partial charge in [0, 0.05) is 11.3 Å². The summed E-state index contributed by atoms with van der Waals surface area (Å²) in [6.45, 7) is 0. The summed E-state index contributed by atoms with van der Waals surface area (Å²) in [5, 5.41) is 13.7. The normalized spacial score (nSPS) is 10.4. The summed E-state index contributed by atoms with van der Waals surface area (Å²) in [5.41, 5.74) is 1.30. The Balaban J connectivity index is 1.81. The number of fused-ring (bicyclic) bond motifs is 1. The van der Waals surface area contributed by atoms with E-state index in [2.05, 4.69) is 5.32 Å². The van der Waals surface area contributed by atoms with Gasteiger partial charge in [0.15, 0.2) is 0 Å². The Labute approximate surface area is 127 Å². The zero-order chi connectivity index (χ0) is 15.5. The molecule has 3 aromatic rings. The van der Waals surface area contributed by atoms with Crippen LogP contribution in [-0.2, 0) is 0 Å². The number of carbonyl (C=O) groups is 2. The van der Waals surface area contributed by atoms with Crippen LogP contribution in [0.2, 0.25) is 0 Å². The second-order valence-electron chi connectivity index (χ2n) is 4.90. The van der Waals surface area contributed by atoms with E-state index in [-0.39, 0.29) is 11.5 Å². The molecule has 0 fully saturated rings. The second-order valence-corrected chi connectivity index (χ2v) is 4.90. The third kappa shape index (κ3) is 2.81. The molecule has 4 heteroatoms. The van der Waals surface area contributed by atoms with E-state index >= 15 is 0 Å². The summed E-state index contributed by atoms with van der Waals surface area (Å²) in [6, 6.07) is 19.4. The SMILES string of the molecule is O=C(O)c1ccc(NC(=O)c2ccc3ccccc3c2)cc1. The van der Waals surface area contributed by atoms with Crippen LogP contribution in [0.4, 0.5) is 5.69 Å². The van der Waals surface area contributed by atoms with E-state index in [9.17, 15) is 9.59 Å². The number of nitrogens with one attached hydrogen (secondary N) is 1. The lowest BCUT2D eigenvalue weighted by atomic mass is 10.1. The van der Waals surface area contributed by atoms with Crippen LogP contribution in [0, 0.1) is 0 Å². The fraction of sp³-hybridized carbons (Fsp3) is 0. The molecule has 22 heavy (non-hydrogen) atoms. The Morgan fingerprint density at radius 1 is 0.773 bits per heavy atom. The van der Waals surface area contributed by atoms with Gasteiger partial charge in [-0.2, -0.15) is 0 Å². The van der Waals surface area contributed by atoms with E-state index in [1.807, 2.05) is 36.4 Å². The molecule has 4 nitrogen and oxygen atoms in total. The Kier molecular flexibility index (Phi) is 3.58. The molecule has 0 unspecified atom stereocenters. The maximum atomic E-state index is 12.2. The van der Waals surface area contributed by atoms with Gasteiger partial charge < -0.3 is 10.4 Å². The lowest BCUT2D eigenvalue weighted by Crippen LogP contribution is -2.11. The monoisotopic (exact) mass is 291 g/mol. The average Bonchev–Trinajstić information content (AvgIpc) is 2.55. The molecule has 0 bridgehead atoms. The predicted molar refractivity (Wildman–Crippen MR) is 85.3 cm³/mol. The van der Waals surface area contributed by atoms with Crippen molar-refractivity contribution in [2.45, 2.75) is 0 Å². The van der Waals surface area contributed by atoms with E-state index in [0.29, 0.717) is 11.3 Å². The zero-order valence-electron chi connectivity index (χ0n) is 11.6. The molecule has 0 radical (unpaired) electrons. The fourth-order valence-electron chi connectivity index (χ4n) is 2.23. The van der Waals surface area contributed by atoms with Crippen LogP contribution in [0.3, 0.4) is 0 Å². The van der Waals surface area contributed by atoms with Gasteiger partial charge in [-0.05, 0) is 47.2 Å². The van der Waals surface area contributed by atoms with Gasteiger partial charge in [0.05, 0.1) is 5.56 Å². The molecule has 0 saturated heterocycles. The van der Waals surface area contributed by atoms with Gasteiger partial charge in [-0.25, -0.2) is 4.79 Å². The van der Waals surface area contributed by atoms with Gasteiger partial charge in [0.25, 0.3) is 5.91 Å². The Bertz CT molecular complexity index is 854. The molecule has 0 atom stereocenters. The van der Waals surface area contributed by atoms with Crippen LogP contribution in [0.5, 0.6) is 0 Å². The van der Waals surface area contributed by atoms with Crippen LogP contribution in [-0.4, -0.2) is 17.0 Å². The quantitative estimate of drug-likeness (QED) is 0.771. The molecule has 2 N–H and O–H groups in total. The number of carboxylic acid groups (broad SMARTS) is 1. The number of benzene rings is 3. The number of rotatable bonds is 3. The molecule has 108 valence electrons. The van der Waals surface area contributed by atoms with Gasteiger partial charge in [-0.15, -0.1) is 0 Å². The highest BCUT2D eigenvalue weighted by molar-refractivity contribution is 6.06. The molecule has 3 aromatic carbocycles. The minimum atomic E-state index is -0.993. The Morgan fingerprint density at radius 3 is 2.09 bits per heavy atom. The number of hydrogen-bond donors (Lipinski definition) is 2. The first-order chi connectivity index (χ1) is 10.6. The summed E-state index contributed by atoms with van der Waals surface area (Å²) in [4.78, 5) is 23.0. The lowest BCUT2D eigenvalue weighted by Gasteiger charge is -2.06. The largest absolute Gasteiger partial charge is 0.478 e. The first kappa shape index (κ1) is 13.8. The highest BCUT2D eigenvalue weighted by atomic mass is 16.4. The van der Waals surface area contributed by atoms with Crippen molar-refractivity contribution in [1.29, 1.82) is 0 Å². The van der Waals surface area contributed by atoms with E-state index in [4.69, 9.17) is 5.11 Å². The highest BCUT2D eigenvalue weighted by Gasteiger charge is 2.08. The molecule has 1 amide bonds. The number of hydrogen-bond acceptors (Lipinski definition) is 2. The van der Waals surface area contributed by atoms with Crippen LogP contribution in [0.1, 0.15) is 20.7 Å². The molecule has 3 rings (SSSR count). The van der Waals surface area contributed by atoms with Crippen molar-refractivity contribution in [2.75, 3.05) is 5.32 Å². The lowest BCUT2D eigenvalue weighted by molar-refractivity contribution is 0.0696. The molecule has 0 aliphatic rings. The van der Waals surface area contributed by atoms with Crippen molar-refractivity contribution in [1.82, 2.24) is 0 Å². The van der Waals surface area contributed by atoms with Gasteiger partial charge in [0.1, 0.15) is 0 Å². The van der Waals surface area contributed by atoms with Crippen LogP contribution < -0.4 is 5.32 Å². The number of carboxylic acids is 1. The molecule has 0 saturated carbocycles. The summed E-state index contributed by atoms with van der Waals surface area (Å²) in [6.07, 6.45) is 0. The summed E-state index contributed by atoms with van der Waals surface area (Å²) in [5.74, 6) is -1.22. The molecule has 0 aliphatic carbocycles. The average molecular weight is 291 g/mol. The van der Waals surface area contributed by atoms with E-state index < -0.39 is 5.97 Å². The van der Waals surface area contributed by atoms with Crippen LogP contribution in [0.25, 0.3) is 10.8 Å². The minimum absolute atomic E-state index is 0.184. The van der Waals surface area contributed by atoms with Crippen LogP contribution in [0.15, 0.2) is 66.7 Å². The summed E-state index contributed by atoms with van der Waals surface area (Å²) >= 11 is 0. The highest BCUT2D eigenvalue weighted by Crippen LogP contribution is 2.17. The van der Waals surface area contributed by atoms with Crippen molar-refractivity contribution in [2.24, 2.45) is 0 Å². The molecule has 0 aliphatic heterocycles. The molecular formula is C18H13NO3. The first-order valence-electron chi connectivity index (χ1n) is 6.77. The van der Waals surface area contributed by atoms with E-state index in [0.717, 1.165) is 10.8 Å². The first-order valence-corrected chi connectivity index (χ1v) is 6.77. The van der Waals surface area contributed by atoms with Crippen LogP contribution >= 0.6 is 0 Å². The van der Waals surface area contributed by atoms with Crippen molar-refractivity contribution in [3.8, 4) is 0 Å². The molecule has 0 aromatic heterocycles. The van der Waals surface area contributed by atoms with Crippen molar-refractivity contribution in [3.05, 3.63) is 77.9 Å². The second kappa shape index (κ2) is 5.69. The standard InChI is InChI=1S/C18H13NO3/c20-17(19-16-9-7-13(8-10-16)18(21)22)15-6-5-12-3-1-2-4-14(12)11-15/h1-11H,(H,19,20)(H,21,22). The Hall–Kier alpha value is -3.14. The fourth-order valence-corrected chi connectivity index (χ4v) is 2.23. The number of amides is 1. The number of carbonyl (C=O) groups excluding carboxylic acids is 1. The van der Waals surface area contributed by atoms with Gasteiger partial charge >= 0.3 is 5.97 Å². The van der Waals surface area contributed by atoms with E-state index in [1.54, 1.807) is 18.2 Å². The predicted octanol–water partition coefficient (Wildman–Crippen LogP) is 3.79. The maximum Gasteiger partial charge on any atom is 0.335 e. The smallest absolute Gasteiger partial charge is 0.335 e. The third-order valence-corrected chi connectivity index (χ3v) is 3.40. The van der Waals surface area contributed by atoms with E-state index in [1.165, 1.54) is 12.1 Å². The van der Waals surface area contributed by atoms with Crippen molar-refractivity contribution in [3.63, 3.8) is 0 Å². The third-order valence-electron chi connectivity index (χ3n) is 3.40. The maximum absolute atomic E-state index is 12.2. The van der Waals surface area contributed by atoms with Gasteiger partial charge in [-0.1, -0.05) is 30.3 Å². The van der Waals surface area contributed by atoms with Crippen molar-refractivity contribution >= 4 is 28.3 Å². The molecule has 0 heterocycles. The van der Waals surface area contributed by atoms with Crippen molar-refractivity contribution < 1.29 is 14.7 Å². The topological polar surface area (TPSA) is 66.4 Å².